The summed E-state index contributed by atoms with van der Waals surface area (Å²) >= 11 is 0.946. The topological polar surface area (TPSA) is 68.0 Å². The lowest BCUT2D eigenvalue weighted by Crippen LogP contribution is -2.04. The number of nitrogens with zero attached hydrogens (tertiary/aromatic N) is 3. The predicted octanol–water partition coefficient (Wildman–Crippen LogP) is 3.63. The van der Waals surface area contributed by atoms with E-state index in [0.717, 1.165) is 16.0 Å². The second kappa shape index (κ2) is 5.64. The smallest absolute Gasteiger partial charge is 0.355 e. The molecule has 2 heterocycles. The van der Waals surface area contributed by atoms with Gasteiger partial charge in [-0.3, -0.25) is 0 Å². The number of hydrogen-bond acceptors (Lipinski definition) is 4. The van der Waals surface area contributed by atoms with Crippen LogP contribution in [-0.2, 0) is 0 Å². The van der Waals surface area contributed by atoms with Gasteiger partial charge in [-0.1, -0.05) is 30.3 Å². The van der Waals surface area contributed by atoms with E-state index in [9.17, 15) is 13.6 Å². The lowest BCUT2D eigenvalue weighted by atomic mass is 10.1. The van der Waals surface area contributed by atoms with E-state index in [2.05, 4.69) is 10.1 Å². The minimum atomic E-state index is -2.75. The number of hydrogen-bond donors (Lipinski definition) is 1. The molecule has 0 radical (unpaired) electrons. The Morgan fingerprint density at radius 3 is 2.59 bits per heavy atom. The first-order valence-electron chi connectivity index (χ1n) is 6.19. The van der Waals surface area contributed by atoms with Crippen LogP contribution >= 0.6 is 11.3 Å². The van der Waals surface area contributed by atoms with Crippen molar-refractivity contribution in [1.82, 2.24) is 14.8 Å². The van der Waals surface area contributed by atoms with Gasteiger partial charge in [-0.05, 0) is 6.07 Å². The predicted molar refractivity (Wildman–Crippen MR) is 76.6 cm³/mol. The molecular weight excluding hydrogens is 312 g/mol. The molecule has 22 heavy (non-hydrogen) atoms. The minimum Gasteiger partial charge on any atom is -0.476 e. The average Bonchev–Trinajstić information content (AvgIpc) is 3.15. The fraction of sp³-hybridized carbons (Fsp3) is 0.0714. The van der Waals surface area contributed by atoms with Crippen LogP contribution in [0, 0.1) is 0 Å². The Kier molecular flexibility index (Phi) is 3.68. The van der Waals surface area contributed by atoms with E-state index < -0.39 is 12.4 Å². The van der Waals surface area contributed by atoms with Crippen LogP contribution in [0.1, 0.15) is 22.6 Å². The number of carbonyl (C=O) groups is 1. The van der Waals surface area contributed by atoms with Gasteiger partial charge in [0.1, 0.15) is 5.69 Å². The zero-order chi connectivity index (χ0) is 15.7. The molecule has 0 fully saturated rings. The zero-order valence-electron chi connectivity index (χ0n) is 11.0. The summed E-state index contributed by atoms with van der Waals surface area (Å²) in [5.74, 6) is -1.21. The number of alkyl halides is 2. The third kappa shape index (κ3) is 2.60. The van der Waals surface area contributed by atoms with Crippen LogP contribution in [-0.4, -0.2) is 25.8 Å². The summed E-state index contributed by atoms with van der Waals surface area (Å²) in [6.07, 6.45) is -2.75. The van der Waals surface area contributed by atoms with Crippen molar-refractivity contribution in [3.05, 3.63) is 53.2 Å². The molecule has 0 aliphatic heterocycles. The lowest BCUT2D eigenvalue weighted by molar-refractivity contribution is 0.0691. The summed E-state index contributed by atoms with van der Waals surface area (Å²) < 4.78 is 27.4. The number of aromatic nitrogens is 3. The van der Waals surface area contributed by atoms with Crippen LogP contribution < -0.4 is 0 Å². The molecule has 0 unspecified atom stereocenters. The molecule has 1 aromatic carbocycles. The van der Waals surface area contributed by atoms with Gasteiger partial charge in [0.25, 0.3) is 6.43 Å². The van der Waals surface area contributed by atoms with Crippen molar-refractivity contribution in [2.75, 3.05) is 0 Å². The highest BCUT2D eigenvalue weighted by Gasteiger charge is 2.21. The Hall–Kier alpha value is -2.61. The minimum absolute atomic E-state index is 0.0925. The Bertz CT molecular complexity index is 815. The maximum absolute atomic E-state index is 13.2. The molecule has 0 amide bonds. The van der Waals surface area contributed by atoms with Gasteiger partial charge in [0.05, 0.1) is 5.69 Å². The van der Waals surface area contributed by atoms with Gasteiger partial charge in [0.2, 0.25) is 5.13 Å². The molecule has 0 saturated heterocycles. The molecule has 112 valence electrons. The van der Waals surface area contributed by atoms with Crippen molar-refractivity contribution < 1.29 is 18.7 Å². The van der Waals surface area contributed by atoms with Crippen molar-refractivity contribution in [3.63, 3.8) is 0 Å². The Morgan fingerprint density at radius 1 is 1.27 bits per heavy atom. The highest BCUT2D eigenvalue weighted by molar-refractivity contribution is 7.12. The molecule has 8 heteroatoms. The van der Waals surface area contributed by atoms with Crippen molar-refractivity contribution in [1.29, 1.82) is 0 Å². The number of carboxylic acids is 1. The number of benzene rings is 1. The highest BCUT2D eigenvalue weighted by Crippen LogP contribution is 2.28. The molecule has 5 nitrogen and oxygen atoms in total. The van der Waals surface area contributed by atoms with E-state index in [4.69, 9.17) is 5.11 Å². The van der Waals surface area contributed by atoms with Crippen molar-refractivity contribution >= 4 is 17.3 Å². The molecule has 0 aliphatic carbocycles. The van der Waals surface area contributed by atoms with E-state index in [-0.39, 0.29) is 16.5 Å². The highest BCUT2D eigenvalue weighted by atomic mass is 32.1. The second-order valence-electron chi connectivity index (χ2n) is 4.35. The Labute approximate surface area is 127 Å². The number of aromatic carboxylic acids is 1. The molecule has 0 spiro atoms. The summed E-state index contributed by atoms with van der Waals surface area (Å²) in [7, 11) is 0. The molecule has 3 aromatic rings. The quantitative estimate of drug-likeness (QED) is 0.797. The van der Waals surface area contributed by atoms with Gasteiger partial charge in [-0.15, -0.1) is 11.3 Å². The van der Waals surface area contributed by atoms with Crippen LogP contribution in [0.25, 0.3) is 16.4 Å². The molecule has 0 saturated carbocycles. The van der Waals surface area contributed by atoms with Gasteiger partial charge >= 0.3 is 5.97 Å². The zero-order valence-corrected chi connectivity index (χ0v) is 11.8. The fourth-order valence-electron chi connectivity index (χ4n) is 1.91. The molecule has 0 aliphatic rings. The SMILES string of the molecule is O=C(O)c1csc(-n2nc(-c3ccccc3)cc2C(F)F)n1. The van der Waals surface area contributed by atoms with Crippen LogP contribution in [0.2, 0.25) is 0 Å². The summed E-state index contributed by atoms with van der Waals surface area (Å²) in [6, 6.07) is 10.2. The van der Waals surface area contributed by atoms with Gasteiger partial charge in [0, 0.05) is 10.9 Å². The van der Waals surface area contributed by atoms with Crippen molar-refractivity contribution in [2.24, 2.45) is 0 Å². The maximum atomic E-state index is 13.2. The Balaban J connectivity index is 2.09. The number of carboxylic acid groups (broad SMARTS) is 1. The number of thiazole rings is 1. The monoisotopic (exact) mass is 321 g/mol. The first-order chi connectivity index (χ1) is 10.6. The summed E-state index contributed by atoms with van der Waals surface area (Å²) in [6.45, 7) is 0. The fourth-order valence-corrected chi connectivity index (χ4v) is 2.68. The van der Waals surface area contributed by atoms with E-state index in [1.807, 2.05) is 6.07 Å². The molecule has 0 bridgehead atoms. The van der Waals surface area contributed by atoms with E-state index in [1.165, 1.54) is 11.4 Å². The second-order valence-corrected chi connectivity index (χ2v) is 5.19. The van der Waals surface area contributed by atoms with E-state index in [1.54, 1.807) is 24.3 Å². The van der Waals surface area contributed by atoms with Crippen LogP contribution in [0.4, 0.5) is 8.78 Å². The van der Waals surface area contributed by atoms with Gasteiger partial charge in [-0.25, -0.2) is 23.2 Å². The van der Waals surface area contributed by atoms with Crippen LogP contribution in [0.3, 0.4) is 0 Å². The maximum Gasteiger partial charge on any atom is 0.355 e. The summed E-state index contributed by atoms with van der Waals surface area (Å²) in [5.41, 5.74) is 0.545. The standard InChI is InChI=1S/C14H9F2N3O2S/c15-12(16)11-6-9(8-4-2-1-3-5-8)18-19(11)14-17-10(7-22-14)13(20)21/h1-7,12H,(H,20,21). The average molecular weight is 321 g/mol. The van der Waals surface area contributed by atoms with Crippen LogP contribution in [0.5, 0.6) is 0 Å². The molecular formula is C14H9F2N3O2S. The van der Waals surface area contributed by atoms with Crippen LogP contribution in [0.15, 0.2) is 41.8 Å². The van der Waals surface area contributed by atoms with E-state index in [0.29, 0.717) is 11.3 Å². The van der Waals surface area contributed by atoms with Crippen molar-refractivity contribution in [3.8, 4) is 16.4 Å². The van der Waals surface area contributed by atoms with Gasteiger partial charge < -0.3 is 5.11 Å². The molecule has 1 N–H and O–H groups in total. The third-order valence-corrected chi connectivity index (χ3v) is 3.74. The molecule has 2 aromatic heterocycles. The third-order valence-electron chi connectivity index (χ3n) is 2.92. The largest absolute Gasteiger partial charge is 0.476 e. The summed E-state index contributed by atoms with van der Waals surface area (Å²) in [5, 5.41) is 14.4. The number of rotatable bonds is 4. The first-order valence-corrected chi connectivity index (χ1v) is 7.07. The van der Waals surface area contributed by atoms with Gasteiger partial charge in [0.15, 0.2) is 5.69 Å². The Morgan fingerprint density at radius 2 is 2.00 bits per heavy atom. The normalized spacial score (nSPS) is 11.0. The van der Waals surface area contributed by atoms with E-state index >= 15 is 0 Å². The van der Waals surface area contributed by atoms with Crippen molar-refractivity contribution in [2.45, 2.75) is 6.43 Å². The lowest BCUT2D eigenvalue weighted by Gasteiger charge is -2.01. The number of halogens is 2. The van der Waals surface area contributed by atoms with Gasteiger partial charge in [-0.2, -0.15) is 5.10 Å². The molecule has 0 atom stereocenters. The summed E-state index contributed by atoms with van der Waals surface area (Å²) in [4.78, 5) is 14.7. The molecule has 3 rings (SSSR count). The first kappa shape index (κ1) is 14.3.